The van der Waals surface area contributed by atoms with Crippen molar-refractivity contribution in [3.63, 3.8) is 0 Å². The van der Waals surface area contributed by atoms with Crippen LogP contribution in [0.3, 0.4) is 0 Å². The standard InChI is InChI=1S/C12H14ClNO3/c1-8(7-11(15)17-2)14-12(16)9-3-5-10(13)6-4-9/h3-6,8H,7H2,1-2H3,(H,14,16). The Labute approximate surface area is 105 Å². The van der Waals surface area contributed by atoms with E-state index >= 15 is 0 Å². The van der Waals surface area contributed by atoms with Crippen LogP contribution in [0.15, 0.2) is 24.3 Å². The number of carbonyl (C=O) groups is 2. The molecule has 1 aromatic rings. The first-order valence-corrected chi connectivity index (χ1v) is 5.54. The average Bonchev–Trinajstić information content (AvgIpc) is 2.29. The third-order valence-electron chi connectivity index (χ3n) is 2.18. The Morgan fingerprint density at radius 3 is 2.47 bits per heavy atom. The van der Waals surface area contributed by atoms with Crippen molar-refractivity contribution < 1.29 is 14.3 Å². The molecule has 0 saturated carbocycles. The highest BCUT2D eigenvalue weighted by Gasteiger charge is 2.13. The van der Waals surface area contributed by atoms with Crippen LogP contribution in [-0.4, -0.2) is 25.0 Å². The highest BCUT2D eigenvalue weighted by molar-refractivity contribution is 6.30. The summed E-state index contributed by atoms with van der Waals surface area (Å²) >= 11 is 5.72. The van der Waals surface area contributed by atoms with Gasteiger partial charge in [-0.1, -0.05) is 11.6 Å². The second-order valence-corrected chi connectivity index (χ2v) is 4.10. The van der Waals surface area contributed by atoms with Gasteiger partial charge in [-0.15, -0.1) is 0 Å². The van der Waals surface area contributed by atoms with Crippen LogP contribution in [0.1, 0.15) is 23.7 Å². The van der Waals surface area contributed by atoms with Gasteiger partial charge in [-0.3, -0.25) is 9.59 Å². The van der Waals surface area contributed by atoms with Crippen LogP contribution in [0.4, 0.5) is 0 Å². The molecule has 1 N–H and O–H groups in total. The summed E-state index contributed by atoms with van der Waals surface area (Å²) in [5.74, 6) is -0.591. The number of halogens is 1. The Balaban J connectivity index is 2.54. The largest absolute Gasteiger partial charge is 0.469 e. The van der Waals surface area contributed by atoms with Crippen LogP contribution in [0.5, 0.6) is 0 Å². The van der Waals surface area contributed by atoms with E-state index in [0.717, 1.165) is 0 Å². The number of benzene rings is 1. The Kier molecular flexibility index (Phi) is 4.97. The van der Waals surface area contributed by atoms with Crippen LogP contribution in [0.25, 0.3) is 0 Å². The van der Waals surface area contributed by atoms with Gasteiger partial charge < -0.3 is 10.1 Å². The zero-order valence-corrected chi connectivity index (χ0v) is 10.5. The SMILES string of the molecule is COC(=O)CC(C)NC(=O)c1ccc(Cl)cc1. The lowest BCUT2D eigenvalue weighted by atomic mass is 10.2. The van der Waals surface area contributed by atoms with E-state index in [-0.39, 0.29) is 24.3 Å². The van der Waals surface area contributed by atoms with Crippen molar-refractivity contribution in [2.24, 2.45) is 0 Å². The number of esters is 1. The molecule has 1 unspecified atom stereocenters. The fourth-order valence-electron chi connectivity index (χ4n) is 1.29. The van der Waals surface area contributed by atoms with Crippen LogP contribution >= 0.6 is 11.6 Å². The van der Waals surface area contributed by atoms with Gasteiger partial charge in [0.2, 0.25) is 0 Å². The molecule has 4 nitrogen and oxygen atoms in total. The minimum Gasteiger partial charge on any atom is -0.469 e. The molecule has 1 amide bonds. The molecule has 1 atom stereocenters. The Bertz CT molecular complexity index is 403. The van der Waals surface area contributed by atoms with Crippen molar-refractivity contribution in [1.82, 2.24) is 5.32 Å². The van der Waals surface area contributed by atoms with Gasteiger partial charge in [-0.05, 0) is 31.2 Å². The fraction of sp³-hybridized carbons (Fsp3) is 0.333. The van der Waals surface area contributed by atoms with E-state index in [1.807, 2.05) is 0 Å². The van der Waals surface area contributed by atoms with Gasteiger partial charge in [0, 0.05) is 16.6 Å². The lowest BCUT2D eigenvalue weighted by Crippen LogP contribution is -2.34. The summed E-state index contributed by atoms with van der Waals surface area (Å²) in [5, 5.41) is 3.27. The normalized spacial score (nSPS) is 11.7. The van der Waals surface area contributed by atoms with Crippen LogP contribution < -0.4 is 5.32 Å². The van der Waals surface area contributed by atoms with Crippen molar-refractivity contribution in [3.8, 4) is 0 Å². The third kappa shape index (κ3) is 4.44. The minimum absolute atomic E-state index is 0.149. The summed E-state index contributed by atoms with van der Waals surface area (Å²) < 4.78 is 4.52. The van der Waals surface area contributed by atoms with E-state index in [0.29, 0.717) is 10.6 Å². The van der Waals surface area contributed by atoms with Gasteiger partial charge in [0.1, 0.15) is 0 Å². The summed E-state index contributed by atoms with van der Waals surface area (Å²) in [6.07, 6.45) is 0.149. The van der Waals surface area contributed by atoms with Gasteiger partial charge in [0.15, 0.2) is 0 Å². The van der Waals surface area contributed by atoms with Gasteiger partial charge in [-0.25, -0.2) is 0 Å². The van der Waals surface area contributed by atoms with E-state index < -0.39 is 0 Å². The topological polar surface area (TPSA) is 55.4 Å². The molecule has 0 radical (unpaired) electrons. The molecule has 0 bridgehead atoms. The van der Waals surface area contributed by atoms with Crippen molar-refractivity contribution in [1.29, 1.82) is 0 Å². The van der Waals surface area contributed by atoms with Crippen molar-refractivity contribution in [3.05, 3.63) is 34.9 Å². The maximum absolute atomic E-state index is 11.7. The molecule has 92 valence electrons. The first kappa shape index (κ1) is 13.5. The monoisotopic (exact) mass is 255 g/mol. The zero-order valence-electron chi connectivity index (χ0n) is 9.70. The first-order valence-electron chi connectivity index (χ1n) is 5.16. The van der Waals surface area contributed by atoms with E-state index in [4.69, 9.17) is 11.6 Å². The van der Waals surface area contributed by atoms with Gasteiger partial charge in [-0.2, -0.15) is 0 Å². The quantitative estimate of drug-likeness (QED) is 0.838. The molecule has 17 heavy (non-hydrogen) atoms. The summed E-state index contributed by atoms with van der Waals surface area (Å²) in [7, 11) is 1.32. The molecule has 1 aromatic carbocycles. The Morgan fingerprint density at radius 2 is 1.94 bits per heavy atom. The van der Waals surface area contributed by atoms with E-state index in [1.165, 1.54) is 7.11 Å². The lowest BCUT2D eigenvalue weighted by Gasteiger charge is -2.12. The van der Waals surface area contributed by atoms with Crippen LogP contribution in [0.2, 0.25) is 5.02 Å². The highest BCUT2D eigenvalue weighted by atomic mass is 35.5. The maximum Gasteiger partial charge on any atom is 0.307 e. The zero-order chi connectivity index (χ0) is 12.8. The Hall–Kier alpha value is -1.55. The molecular weight excluding hydrogens is 242 g/mol. The minimum atomic E-state index is -0.353. The molecule has 0 saturated heterocycles. The molecule has 0 aliphatic carbocycles. The molecule has 0 fully saturated rings. The number of ether oxygens (including phenoxy) is 1. The molecule has 1 rings (SSSR count). The average molecular weight is 256 g/mol. The van der Waals surface area contributed by atoms with Gasteiger partial charge >= 0.3 is 5.97 Å². The van der Waals surface area contributed by atoms with Crippen molar-refractivity contribution in [2.75, 3.05) is 7.11 Å². The summed E-state index contributed by atoms with van der Waals surface area (Å²) in [6.45, 7) is 1.74. The first-order chi connectivity index (χ1) is 8.02. The molecule has 0 aliphatic heterocycles. The van der Waals surface area contributed by atoms with E-state index in [9.17, 15) is 9.59 Å². The predicted molar refractivity (Wildman–Crippen MR) is 65.0 cm³/mol. The van der Waals surface area contributed by atoms with Gasteiger partial charge in [0.25, 0.3) is 5.91 Å². The second kappa shape index (κ2) is 6.25. The summed E-state index contributed by atoms with van der Waals surface area (Å²) in [4.78, 5) is 22.7. The van der Waals surface area contributed by atoms with Crippen LogP contribution in [0, 0.1) is 0 Å². The van der Waals surface area contributed by atoms with E-state index in [1.54, 1.807) is 31.2 Å². The number of hydrogen-bond donors (Lipinski definition) is 1. The number of rotatable bonds is 4. The van der Waals surface area contributed by atoms with Crippen LogP contribution in [-0.2, 0) is 9.53 Å². The number of methoxy groups -OCH3 is 1. The number of amides is 1. The second-order valence-electron chi connectivity index (χ2n) is 3.66. The summed E-state index contributed by atoms with van der Waals surface area (Å²) in [6, 6.07) is 6.26. The smallest absolute Gasteiger partial charge is 0.307 e. The molecule has 0 heterocycles. The van der Waals surface area contributed by atoms with E-state index in [2.05, 4.69) is 10.1 Å². The lowest BCUT2D eigenvalue weighted by molar-refractivity contribution is -0.141. The molecule has 0 aliphatic rings. The molecule has 0 spiro atoms. The van der Waals surface area contributed by atoms with Crippen molar-refractivity contribution in [2.45, 2.75) is 19.4 Å². The molecule has 5 heteroatoms. The number of hydrogen-bond acceptors (Lipinski definition) is 3. The number of nitrogens with one attached hydrogen (secondary N) is 1. The van der Waals surface area contributed by atoms with Crippen molar-refractivity contribution >= 4 is 23.5 Å². The Morgan fingerprint density at radius 1 is 1.35 bits per heavy atom. The predicted octanol–water partition coefficient (Wildman–Crippen LogP) is 2.02. The third-order valence-corrected chi connectivity index (χ3v) is 2.44. The molecular formula is C12H14ClNO3. The highest BCUT2D eigenvalue weighted by Crippen LogP contribution is 2.09. The molecule has 0 aromatic heterocycles. The maximum atomic E-state index is 11.7. The number of carbonyl (C=O) groups excluding carboxylic acids is 2. The summed E-state index contributed by atoms with van der Waals surface area (Å²) in [5.41, 5.74) is 0.506. The fourth-order valence-corrected chi connectivity index (χ4v) is 1.42. The van der Waals surface area contributed by atoms with Gasteiger partial charge in [0.05, 0.1) is 13.5 Å².